The van der Waals surface area contributed by atoms with Crippen molar-refractivity contribution in [3.63, 3.8) is 0 Å². The lowest BCUT2D eigenvalue weighted by molar-refractivity contribution is -0.147. The Labute approximate surface area is 166 Å². The molecule has 9 heteroatoms. The minimum atomic E-state index is -4.71. The minimum absolute atomic E-state index is 0.0668. The zero-order valence-electron chi connectivity index (χ0n) is 16.0. The van der Waals surface area contributed by atoms with Crippen molar-refractivity contribution in [2.24, 2.45) is 0 Å². The van der Waals surface area contributed by atoms with Crippen LogP contribution in [0.2, 0.25) is 0 Å². The van der Waals surface area contributed by atoms with E-state index in [1.165, 1.54) is 14.0 Å². The lowest BCUT2D eigenvalue weighted by Gasteiger charge is -2.35. The van der Waals surface area contributed by atoms with E-state index in [-0.39, 0.29) is 28.0 Å². The van der Waals surface area contributed by atoms with Crippen molar-refractivity contribution in [1.29, 1.82) is 0 Å². The van der Waals surface area contributed by atoms with Gasteiger partial charge >= 0.3 is 16.1 Å². The first kappa shape index (κ1) is 19.5. The predicted molar refractivity (Wildman–Crippen MR) is 99.7 cm³/mol. The fourth-order valence-electron chi connectivity index (χ4n) is 4.49. The number of esters is 1. The van der Waals surface area contributed by atoms with Crippen LogP contribution in [0, 0.1) is 6.92 Å². The SMILES string of the molecule is COC(=O)[C@@]1(C)CCCc2c1ccc1c2C(=O)C(=O)c2c-1oc(S(=O)(=O)O)c2C. The third-order valence-electron chi connectivity index (χ3n) is 5.89. The summed E-state index contributed by atoms with van der Waals surface area (Å²) in [4.78, 5) is 38.2. The van der Waals surface area contributed by atoms with Crippen LogP contribution in [-0.2, 0) is 31.5 Å². The van der Waals surface area contributed by atoms with Gasteiger partial charge in [0.25, 0.3) is 0 Å². The molecule has 2 aliphatic rings. The highest BCUT2D eigenvalue weighted by Crippen LogP contribution is 2.46. The Morgan fingerprint density at radius 2 is 1.86 bits per heavy atom. The number of carbonyl (C=O) groups excluding carboxylic acids is 3. The molecule has 8 nitrogen and oxygen atoms in total. The van der Waals surface area contributed by atoms with E-state index in [0.717, 1.165) is 0 Å². The lowest BCUT2D eigenvalue weighted by atomic mass is 9.68. The summed E-state index contributed by atoms with van der Waals surface area (Å²) in [5.74, 6) is -2.19. The Bertz CT molecular complexity index is 1220. The quantitative estimate of drug-likeness (QED) is 0.448. The van der Waals surface area contributed by atoms with E-state index in [4.69, 9.17) is 9.15 Å². The van der Waals surface area contributed by atoms with Gasteiger partial charge < -0.3 is 9.15 Å². The van der Waals surface area contributed by atoms with Gasteiger partial charge in [-0.1, -0.05) is 12.1 Å². The van der Waals surface area contributed by atoms with Crippen LogP contribution in [0.25, 0.3) is 11.3 Å². The molecule has 0 aliphatic heterocycles. The molecule has 2 aliphatic carbocycles. The van der Waals surface area contributed by atoms with Crippen molar-refractivity contribution in [3.05, 3.63) is 39.9 Å². The van der Waals surface area contributed by atoms with Crippen molar-refractivity contribution >= 4 is 27.7 Å². The van der Waals surface area contributed by atoms with Gasteiger partial charge in [-0.2, -0.15) is 8.42 Å². The molecule has 1 N–H and O–H groups in total. The van der Waals surface area contributed by atoms with E-state index in [1.807, 2.05) is 0 Å². The van der Waals surface area contributed by atoms with Crippen molar-refractivity contribution in [2.75, 3.05) is 7.11 Å². The van der Waals surface area contributed by atoms with E-state index in [1.54, 1.807) is 19.1 Å². The maximum absolute atomic E-state index is 13.0. The number of Topliss-reactive ketones (excluding diaryl/α,β-unsaturated/α-hetero) is 2. The smallest absolute Gasteiger partial charge is 0.328 e. The maximum atomic E-state index is 13.0. The Morgan fingerprint density at radius 3 is 2.48 bits per heavy atom. The second-order valence-corrected chi connectivity index (χ2v) is 8.86. The largest absolute Gasteiger partial charge is 0.468 e. The molecule has 4 rings (SSSR count). The highest BCUT2D eigenvalue weighted by atomic mass is 32.2. The Morgan fingerprint density at radius 1 is 1.21 bits per heavy atom. The average Bonchev–Trinajstić information content (AvgIpc) is 3.02. The molecule has 0 saturated heterocycles. The molecule has 152 valence electrons. The monoisotopic (exact) mass is 418 g/mol. The number of methoxy groups -OCH3 is 1. The number of hydrogen-bond donors (Lipinski definition) is 1. The molecular formula is C20H18O8S. The maximum Gasteiger partial charge on any atom is 0.328 e. The number of benzene rings is 1. The van der Waals surface area contributed by atoms with Crippen LogP contribution in [0.5, 0.6) is 0 Å². The van der Waals surface area contributed by atoms with Gasteiger partial charge in [-0.15, -0.1) is 0 Å². The second kappa shape index (κ2) is 6.11. The number of furan rings is 1. The predicted octanol–water partition coefficient (Wildman–Crippen LogP) is 2.65. The number of fused-ring (bicyclic) bond motifs is 5. The first-order chi connectivity index (χ1) is 13.5. The van der Waals surface area contributed by atoms with Gasteiger partial charge in [-0.05, 0) is 44.2 Å². The third-order valence-corrected chi connectivity index (χ3v) is 6.75. The fraction of sp³-hybridized carbons (Fsp3) is 0.350. The minimum Gasteiger partial charge on any atom is -0.468 e. The van der Waals surface area contributed by atoms with Crippen molar-refractivity contribution in [1.82, 2.24) is 0 Å². The van der Waals surface area contributed by atoms with E-state index in [9.17, 15) is 27.4 Å². The summed E-state index contributed by atoms with van der Waals surface area (Å²) in [6.45, 7) is 3.03. The van der Waals surface area contributed by atoms with Crippen LogP contribution in [0.1, 0.15) is 57.2 Å². The number of rotatable bonds is 2. The molecule has 0 spiro atoms. The van der Waals surface area contributed by atoms with Crippen LogP contribution in [0.4, 0.5) is 0 Å². The topological polar surface area (TPSA) is 128 Å². The summed E-state index contributed by atoms with van der Waals surface area (Å²) in [5.41, 5.74) is 0.330. The van der Waals surface area contributed by atoms with Gasteiger partial charge in [0.05, 0.1) is 18.1 Å². The van der Waals surface area contributed by atoms with Gasteiger partial charge in [-0.25, -0.2) is 0 Å². The Kier molecular flexibility index (Phi) is 4.11. The van der Waals surface area contributed by atoms with E-state index < -0.39 is 38.2 Å². The number of ether oxygens (including phenoxy) is 1. The Balaban J connectivity index is 2.04. The zero-order valence-corrected chi connectivity index (χ0v) is 16.8. The number of hydrogen-bond acceptors (Lipinski definition) is 7. The molecule has 1 aromatic carbocycles. The summed E-state index contributed by atoms with van der Waals surface area (Å²) in [6, 6.07) is 3.22. The van der Waals surface area contributed by atoms with Crippen molar-refractivity contribution in [3.8, 4) is 11.3 Å². The summed E-state index contributed by atoms with van der Waals surface area (Å²) in [5, 5.41) is -0.756. The van der Waals surface area contributed by atoms with Crippen molar-refractivity contribution < 1.29 is 36.5 Å². The van der Waals surface area contributed by atoms with E-state index in [0.29, 0.717) is 30.4 Å². The molecule has 0 saturated carbocycles. The van der Waals surface area contributed by atoms with E-state index in [2.05, 4.69) is 0 Å². The molecule has 2 aromatic rings. The normalized spacial score (nSPS) is 20.7. The van der Waals surface area contributed by atoms with Crippen LogP contribution in [0.15, 0.2) is 21.6 Å². The van der Waals surface area contributed by atoms with Gasteiger partial charge in [0.2, 0.25) is 16.7 Å². The Hall–Kier alpha value is -2.78. The molecule has 0 amide bonds. The van der Waals surface area contributed by atoms with Gasteiger partial charge in [0.15, 0.2) is 0 Å². The van der Waals surface area contributed by atoms with Gasteiger partial charge in [0, 0.05) is 16.7 Å². The first-order valence-corrected chi connectivity index (χ1v) is 10.4. The lowest BCUT2D eigenvalue weighted by Crippen LogP contribution is -2.38. The molecule has 0 fully saturated rings. The third kappa shape index (κ3) is 2.54. The standard InChI is InChI=1S/C20H18O8S/c1-9-13-15(21)16(22)14-10-5-4-8-20(2,19(23)27-3)12(10)7-6-11(14)17(13)28-18(9)29(24,25)26/h6-7H,4-5,8H2,1-3H3,(H,24,25,26)/t20-/m0/s1. The molecule has 29 heavy (non-hydrogen) atoms. The molecule has 0 radical (unpaired) electrons. The van der Waals surface area contributed by atoms with Crippen LogP contribution in [0.3, 0.4) is 0 Å². The number of ketones is 2. The second-order valence-electron chi connectivity index (χ2n) is 7.54. The molecule has 0 bridgehead atoms. The zero-order chi connectivity index (χ0) is 21.3. The van der Waals surface area contributed by atoms with Crippen LogP contribution < -0.4 is 0 Å². The van der Waals surface area contributed by atoms with Gasteiger partial charge in [-0.3, -0.25) is 18.9 Å². The van der Waals surface area contributed by atoms with Gasteiger partial charge in [0.1, 0.15) is 5.76 Å². The molecule has 0 unspecified atom stereocenters. The molecular weight excluding hydrogens is 400 g/mol. The average molecular weight is 418 g/mol. The molecule has 1 aromatic heterocycles. The van der Waals surface area contributed by atoms with Crippen molar-refractivity contribution in [2.45, 2.75) is 43.6 Å². The summed E-state index contributed by atoms with van der Waals surface area (Å²) >= 11 is 0. The molecule has 1 heterocycles. The summed E-state index contributed by atoms with van der Waals surface area (Å²) < 4.78 is 42.9. The van der Waals surface area contributed by atoms with Crippen LogP contribution >= 0.6 is 0 Å². The highest BCUT2D eigenvalue weighted by molar-refractivity contribution is 7.85. The summed E-state index contributed by atoms with van der Waals surface area (Å²) in [6.07, 6.45) is 1.62. The highest BCUT2D eigenvalue weighted by Gasteiger charge is 2.45. The summed E-state index contributed by atoms with van der Waals surface area (Å²) in [7, 11) is -3.42. The first-order valence-electron chi connectivity index (χ1n) is 8.97. The van der Waals surface area contributed by atoms with Crippen LogP contribution in [-0.4, -0.2) is 37.6 Å². The molecule has 1 atom stereocenters. The fourth-order valence-corrected chi connectivity index (χ4v) is 5.17. The van der Waals surface area contributed by atoms with E-state index >= 15 is 0 Å². The number of carbonyl (C=O) groups is 3.